The largest absolute Gasteiger partial charge is 0.504 e. The van der Waals surface area contributed by atoms with Gasteiger partial charge in [0.1, 0.15) is 5.82 Å². The molecule has 20 heavy (non-hydrogen) atoms. The Bertz CT molecular complexity index is 585. The van der Waals surface area contributed by atoms with Gasteiger partial charge in [-0.05, 0) is 35.3 Å². The Balaban J connectivity index is 2.24. The molecular weight excluding hydrogens is 251 g/mol. The maximum atomic E-state index is 14.0. The van der Waals surface area contributed by atoms with Crippen LogP contribution in [0, 0.1) is 5.82 Å². The average molecular weight is 270 g/mol. The Morgan fingerprint density at radius 1 is 1.05 bits per heavy atom. The normalized spacial score (nSPS) is 10.9. The molecule has 0 aromatic heterocycles. The van der Waals surface area contributed by atoms with E-state index in [0.29, 0.717) is 5.56 Å². The van der Waals surface area contributed by atoms with E-state index in [1.165, 1.54) is 11.8 Å². The first-order valence-electron chi connectivity index (χ1n) is 6.83. The molecule has 0 spiro atoms. The fourth-order valence-electron chi connectivity index (χ4n) is 2.14. The van der Waals surface area contributed by atoms with Crippen LogP contribution in [-0.2, 0) is 11.2 Å². The topological polar surface area (TPSA) is 9.23 Å². The van der Waals surface area contributed by atoms with Crippen molar-refractivity contribution in [1.29, 1.82) is 0 Å². The fourth-order valence-corrected chi connectivity index (χ4v) is 2.14. The molecule has 2 aromatic carbocycles. The summed E-state index contributed by atoms with van der Waals surface area (Å²) < 4.78 is 18.8. The first-order chi connectivity index (χ1) is 9.74. The summed E-state index contributed by atoms with van der Waals surface area (Å²) in [7, 11) is 1.54. The number of methoxy groups -OCH3 is 1. The second-order valence-corrected chi connectivity index (χ2v) is 4.72. The second kappa shape index (κ2) is 6.90. The van der Waals surface area contributed by atoms with E-state index in [2.05, 4.69) is 19.1 Å². The van der Waals surface area contributed by atoms with Crippen molar-refractivity contribution in [3.05, 3.63) is 65.7 Å². The zero-order valence-corrected chi connectivity index (χ0v) is 11.9. The quantitative estimate of drug-likeness (QED) is 0.690. The van der Waals surface area contributed by atoms with Crippen LogP contribution < -0.4 is 0 Å². The molecule has 0 N–H and O–H groups in total. The maximum absolute atomic E-state index is 14.0. The summed E-state index contributed by atoms with van der Waals surface area (Å²) in [5, 5.41) is 0. The van der Waals surface area contributed by atoms with Crippen LogP contribution in [0.25, 0.3) is 17.2 Å². The van der Waals surface area contributed by atoms with Crippen molar-refractivity contribution in [1.82, 2.24) is 0 Å². The molecule has 2 rings (SSSR count). The molecule has 1 nitrogen and oxygen atoms in total. The third kappa shape index (κ3) is 3.47. The van der Waals surface area contributed by atoms with Gasteiger partial charge in [0, 0.05) is 5.56 Å². The van der Waals surface area contributed by atoms with Crippen molar-refractivity contribution in [2.24, 2.45) is 0 Å². The van der Waals surface area contributed by atoms with E-state index >= 15 is 0 Å². The third-order valence-corrected chi connectivity index (χ3v) is 3.21. The Morgan fingerprint density at radius 2 is 1.75 bits per heavy atom. The van der Waals surface area contributed by atoms with Crippen LogP contribution in [0.1, 0.15) is 24.5 Å². The van der Waals surface area contributed by atoms with Crippen LogP contribution in [0.3, 0.4) is 0 Å². The van der Waals surface area contributed by atoms with E-state index in [4.69, 9.17) is 4.74 Å². The molecule has 2 heteroatoms. The predicted octanol–water partition coefficient (Wildman–Crippen LogP) is 5.06. The smallest absolute Gasteiger partial charge is 0.131 e. The Morgan fingerprint density at radius 3 is 2.35 bits per heavy atom. The number of halogens is 1. The zero-order valence-electron chi connectivity index (χ0n) is 11.9. The van der Waals surface area contributed by atoms with Gasteiger partial charge in [0.05, 0.1) is 13.4 Å². The molecule has 2 aromatic rings. The highest BCUT2D eigenvalue weighted by Crippen LogP contribution is 2.23. The summed E-state index contributed by atoms with van der Waals surface area (Å²) in [6, 6.07) is 13.6. The van der Waals surface area contributed by atoms with Gasteiger partial charge in [-0.15, -0.1) is 0 Å². The van der Waals surface area contributed by atoms with E-state index < -0.39 is 0 Å². The van der Waals surface area contributed by atoms with Crippen molar-refractivity contribution in [2.45, 2.75) is 19.8 Å². The number of benzene rings is 2. The van der Waals surface area contributed by atoms with Crippen LogP contribution in [0.5, 0.6) is 0 Å². The minimum atomic E-state index is -0.242. The van der Waals surface area contributed by atoms with Gasteiger partial charge in [0.25, 0.3) is 0 Å². The Kier molecular flexibility index (Phi) is 4.94. The molecule has 0 aliphatic heterocycles. The number of hydrogen-bond acceptors (Lipinski definition) is 1. The van der Waals surface area contributed by atoms with Gasteiger partial charge >= 0.3 is 0 Å². The Hall–Kier alpha value is -2.09. The highest BCUT2D eigenvalue weighted by atomic mass is 19.1. The van der Waals surface area contributed by atoms with Gasteiger partial charge in [-0.25, -0.2) is 4.39 Å². The molecule has 0 saturated carbocycles. The summed E-state index contributed by atoms with van der Waals surface area (Å²) >= 11 is 0. The van der Waals surface area contributed by atoms with Crippen molar-refractivity contribution < 1.29 is 9.13 Å². The highest BCUT2D eigenvalue weighted by molar-refractivity contribution is 5.66. The van der Waals surface area contributed by atoms with E-state index in [1.807, 2.05) is 18.2 Å². The SMILES string of the molecule is CCCc1ccc(-c2ccc(/C=C/OC)c(F)c2)cc1. The molecule has 0 heterocycles. The van der Waals surface area contributed by atoms with E-state index in [9.17, 15) is 4.39 Å². The van der Waals surface area contributed by atoms with Crippen molar-refractivity contribution in [3.8, 4) is 11.1 Å². The molecule has 0 atom stereocenters. The van der Waals surface area contributed by atoms with Crippen LogP contribution >= 0.6 is 0 Å². The molecule has 0 bridgehead atoms. The van der Waals surface area contributed by atoms with Crippen LogP contribution in [0.2, 0.25) is 0 Å². The van der Waals surface area contributed by atoms with Crippen molar-refractivity contribution in [2.75, 3.05) is 7.11 Å². The monoisotopic (exact) mass is 270 g/mol. The average Bonchev–Trinajstić information content (AvgIpc) is 2.47. The molecule has 0 aliphatic rings. The number of aryl methyl sites for hydroxylation is 1. The highest BCUT2D eigenvalue weighted by Gasteiger charge is 2.03. The van der Waals surface area contributed by atoms with E-state index in [1.54, 1.807) is 25.3 Å². The molecule has 104 valence electrons. The molecular formula is C18H19FO. The first-order valence-corrected chi connectivity index (χ1v) is 6.83. The third-order valence-electron chi connectivity index (χ3n) is 3.21. The second-order valence-electron chi connectivity index (χ2n) is 4.72. The lowest BCUT2D eigenvalue weighted by Gasteiger charge is -2.05. The van der Waals surface area contributed by atoms with Gasteiger partial charge in [0.15, 0.2) is 0 Å². The molecule has 0 saturated heterocycles. The van der Waals surface area contributed by atoms with Gasteiger partial charge in [0.2, 0.25) is 0 Å². The van der Waals surface area contributed by atoms with Gasteiger partial charge in [-0.3, -0.25) is 0 Å². The minimum Gasteiger partial charge on any atom is -0.504 e. The van der Waals surface area contributed by atoms with Crippen LogP contribution in [0.15, 0.2) is 48.7 Å². The molecule has 0 fully saturated rings. The number of hydrogen-bond donors (Lipinski definition) is 0. The number of rotatable bonds is 5. The van der Waals surface area contributed by atoms with E-state index in [0.717, 1.165) is 24.0 Å². The lowest BCUT2D eigenvalue weighted by atomic mass is 10.0. The zero-order chi connectivity index (χ0) is 14.4. The van der Waals surface area contributed by atoms with Gasteiger partial charge in [-0.2, -0.15) is 0 Å². The minimum absolute atomic E-state index is 0.242. The first kappa shape index (κ1) is 14.3. The maximum Gasteiger partial charge on any atom is 0.131 e. The predicted molar refractivity (Wildman–Crippen MR) is 81.9 cm³/mol. The summed E-state index contributed by atoms with van der Waals surface area (Å²) in [6.45, 7) is 2.16. The van der Waals surface area contributed by atoms with Gasteiger partial charge < -0.3 is 4.74 Å². The van der Waals surface area contributed by atoms with Gasteiger partial charge in [-0.1, -0.05) is 49.7 Å². The Labute approximate surface area is 119 Å². The van der Waals surface area contributed by atoms with Crippen LogP contribution in [-0.4, -0.2) is 7.11 Å². The van der Waals surface area contributed by atoms with Crippen LogP contribution in [0.4, 0.5) is 4.39 Å². The molecule has 0 unspecified atom stereocenters. The summed E-state index contributed by atoms with van der Waals surface area (Å²) in [5.41, 5.74) is 3.76. The standard InChI is InChI=1S/C18H19FO/c1-3-4-14-5-7-15(8-6-14)17-10-9-16(11-12-20-2)18(19)13-17/h5-13H,3-4H2,1-2H3/b12-11+. The summed E-state index contributed by atoms with van der Waals surface area (Å²) in [6.07, 6.45) is 5.30. The van der Waals surface area contributed by atoms with Crippen molar-refractivity contribution in [3.63, 3.8) is 0 Å². The summed E-state index contributed by atoms with van der Waals surface area (Å²) in [4.78, 5) is 0. The fraction of sp³-hybridized carbons (Fsp3) is 0.222. The summed E-state index contributed by atoms with van der Waals surface area (Å²) in [5.74, 6) is -0.242. The molecule has 0 amide bonds. The lowest BCUT2D eigenvalue weighted by Crippen LogP contribution is -1.87. The lowest BCUT2D eigenvalue weighted by molar-refractivity contribution is 0.341. The van der Waals surface area contributed by atoms with E-state index in [-0.39, 0.29) is 5.82 Å². The number of ether oxygens (including phenoxy) is 1. The molecule has 0 aliphatic carbocycles. The van der Waals surface area contributed by atoms with Crippen molar-refractivity contribution >= 4 is 6.08 Å². The molecule has 0 radical (unpaired) electrons.